The molecule has 0 fully saturated rings. The van der Waals surface area contributed by atoms with E-state index < -0.39 is 0 Å². The normalized spacial score (nSPS) is 9.90. The highest BCUT2D eigenvalue weighted by Gasteiger charge is 2.12. The van der Waals surface area contributed by atoms with E-state index in [1.165, 1.54) is 6.20 Å². The molecule has 7 nitrogen and oxygen atoms in total. The lowest BCUT2D eigenvalue weighted by Crippen LogP contribution is -2.38. The van der Waals surface area contributed by atoms with Gasteiger partial charge in [-0.25, -0.2) is 0 Å². The third kappa shape index (κ3) is 5.23. The van der Waals surface area contributed by atoms with Crippen molar-refractivity contribution in [3.8, 4) is 0 Å². The summed E-state index contributed by atoms with van der Waals surface area (Å²) in [7, 11) is 1.55. The molecule has 0 saturated heterocycles. The van der Waals surface area contributed by atoms with Crippen LogP contribution in [0.2, 0.25) is 0 Å². The van der Waals surface area contributed by atoms with Crippen molar-refractivity contribution in [2.75, 3.05) is 38.7 Å². The van der Waals surface area contributed by atoms with Crippen LogP contribution in [-0.4, -0.2) is 50.1 Å². The fourth-order valence-corrected chi connectivity index (χ4v) is 1.53. The first-order valence-electron chi connectivity index (χ1n) is 6.40. The molecule has 2 amide bonds. The summed E-state index contributed by atoms with van der Waals surface area (Å²) in [6.07, 6.45) is 3.07. The van der Waals surface area contributed by atoms with Crippen LogP contribution in [0.15, 0.2) is 18.5 Å². The van der Waals surface area contributed by atoms with Crippen LogP contribution in [0.5, 0.6) is 0 Å². The molecule has 1 aromatic heterocycles. The van der Waals surface area contributed by atoms with Crippen LogP contribution >= 0.6 is 0 Å². The quantitative estimate of drug-likeness (QED) is 0.583. The van der Waals surface area contributed by atoms with Gasteiger partial charge in [0.05, 0.1) is 24.4 Å². The summed E-state index contributed by atoms with van der Waals surface area (Å²) in [5, 5.41) is 8.24. The first kappa shape index (κ1) is 15.9. The lowest BCUT2D eigenvalue weighted by molar-refractivity contribution is -0.120. The molecule has 0 unspecified atom stereocenters. The fourth-order valence-electron chi connectivity index (χ4n) is 1.53. The van der Waals surface area contributed by atoms with Crippen molar-refractivity contribution in [2.45, 2.75) is 6.92 Å². The number of carbonyl (C=O) groups excluding carboxylic acids is 2. The van der Waals surface area contributed by atoms with E-state index >= 15 is 0 Å². The van der Waals surface area contributed by atoms with E-state index in [9.17, 15) is 9.59 Å². The molecule has 0 saturated carbocycles. The predicted octanol–water partition coefficient (Wildman–Crippen LogP) is 0.00580. The molecule has 0 aliphatic heterocycles. The van der Waals surface area contributed by atoms with Crippen molar-refractivity contribution >= 4 is 17.5 Å². The molecule has 1 rings (SSSR count). The Balaban J connectivity index is 2.48. The molecule has 7 heteroatoms. The Bertz CT molecular complexity index is 451. The average Bonchev–Trinajstić information content (AvgIpc) is 2.46. The fraction of sp³-hybridized carbons (Fsp3) is 0.462. The Labute approximate surface area is 118 Å². The topological polar surface area (TPSA) is 92.4 Å². The van der Waals surface area contributed by atoms with E-state index in [1.54, 1.807) is 19.4 Å². The summed E-state index contributed by atoms with van der Waals surface area (Å²) in [5.41, 5.74) is 1.11. The number of ether oxygens (including phenoxy) is 1. The van der Waals surface area contributed by atoms with Crippen LogP contribution < -0.4 is 16.0 Å². The molecular weight excluding hydrogens is 260 g/mol. The van der Waals surface area contributed by atoms with E-state index in [-0.39, 0.29) is 18.4 Å². The Morgan fingerprint density at radius 1 is 1.35 bits per heavy atom. The average molecular weight is 280 g/mol. The van der Waals surface area contributed by atoms with Gasteiger partial charge in [-0.05, 0) is 13.0 Å². The van der Waals surface area contributed by atoms with Crippen molar-refractivity contribution < 1.29 is 14.3 Å². The lowest BCUT2D eigenvalue weighted by Gasteiger charge is -2.10. The summed E-state index contributed by atoms with van der Waals surface area (Å²) in [6, 6.07) is 1.72. The monoisotopic (exact) mass is 280 g/mol. The van der Waals surface area contributed by atoms with E-state index in [0.717, 1.165) is 0 Å². The highest BCUT2D eigenvalue weighted by Crippen LogP contribution is 2.12. The highest BCUT2D eigenvalue weighted by atomic mass is 16.5. The highest BCUT2D eigenvalue weighted by molar-refractivity contribution is 6.00. The van der Waals surface area contributed by atoms with E-state index in [4.69, 9.17) is 4.74 Å². The zero-order chi connectivity index (χ0) is 14.8. The Morgan fingerprint density at radius 3 is 2.85 bits per heavy atom. The number of amides is 2. The van der Waals surface area contributed by atoms with Gasteiger partial charge >= 0.3 is 0 Å². The number of hydrogen-bond acceptors (Lipinski definition) is 5. The standard InChI is InChI=1S/C13H20N4O3/c1-3-15-11-4-5-14-8-10(11)13(19)17-9-12(18)16-6-7-20-2/h4-5,8H,3,6-7,9H2,1-2H3,(H,14,15)(H,16,18)(H,17,19). The molecule has 0 atom stereocenters. The number of aromatic nitrogens is 1. The van der Waals surface area contributed by atoms with E-state index in [1.807, 2.05) is 6.92 Å². The van der Waals surface area contributed by atoms with Gasteiger partial charge in [0.2, 0.25) is 5.91 Å². The maximum atomic E-state index is 12.0. The minimum absolute atomic E-state index is 0.0804. The molecule has 110 valence electrons. The van der Waals surface area contributed by atoms with Gasteiger partial charge in [0, 0.05) is 32.6 Å². The maximum Gasteiger partial charge on any atom is 0.255 e. The molecule has 1 aromatic rings. The summed E-state index contributed by atoms with van der Waals surface area (Å²) in [6.45, 7) is 3.41. The zero-order valence-electron chi connectivity index (χ0n) is 11.7. The van der Waals surface area contributed by atoms with Gasteiger partial charge in [-0.3, -0.25) is 14.6 Å². The first-order chi connectivity index (χ1) is 9.69. The molecule has 0 radical (unpaired) electrons. The van der Waals surface area contributed by atoms with E-state index in [2.05, 4.69) is 20.9 Å². The second-order valence-electron chi connectivity index (χ2n) is 3.98. The van der Waals surface area contributed by atoms with Crippen LogP contribution in [0.1, 0.15) is 17.3 Å². The van der Waals surface area contributed by atoms with Crippen molar-refractivity contribution in [1.29, 1.82) is 0 Å². The molecule has 0 aliphatic carbocycles. The smallest absolute Gasteiger partial charge is 0.255 e. The van der Waals surface area contributed by atoms with Gasteiger partial charge < -0.3 is 20.7 Å². The third-order valence-electron chi connectivity index (χ3n) is 2.47. The van der Waals surface area contributed by atoms with Crippen molar-refractivity contribution in [1.82, 2.24) is 15.6 Å². The number of hydrogen-bond donors (Lipinski definition) is 3. The van der Waals surface area contributed by atoms with Crippen LogP contribution in [0.4, 0.5) is 5.69 Å². The van der Waals surface area contributed by atoms with Gasteiger partial charge in [-0.2, -0.15) is 0 Å². The molecule has 0 spiro atoms. The summed E-state index contributed by atoms with van der Waals surface area (Å²) in [4.78, 5) is 27.3. The molecule has 20 heavy (non-hydrogen) atoms. The number of nitrogens with one attached hydrogen (secondary N) is 3. The van der Waals surface area contributed by atoms with Gasteiger partial charge in [-0.1, -0.05) is 0 Å². The maximum absolute atomic E-state index is 12.0. The number of pyridine rings is 1. The summed E-state index contributed by atoms with van der Waals surface area (Å²) in [5.74, 6) is -0.597. The SMILES string of the molecule is CCNc1ccncc1C(=O)NCC(=O)NCCOC. The second kappa shape index (κ2) is 8.87. The Kier molecular flexibility index (Phi) is 7.05. The Morgan fingerprint density at radius 2 is 2.15 bits per heavy atom. The van der Waals surface area contributed by atoms with Crippen LogP contribution in [0.25, 0.3) is 0 Å². The largest absolute Gasteiger partial charge is 0.385 e. The van der Waals surface area contributed by atoms with Crippen LogP contribution in [-0.2, 0) is 9.53 Å². The summed E-state index contributed by atoms with van der Waals surface area (Å²) >= 11 is 0. The molecule has 0 aliphatic rings. The van der Waals surface area contributed by atoms with Crippen LogP contribution in [0.3, 0.4) is 0 Å². The molecule has 0 aromatic carbocycles. The van der Waals surface area contributed by atoms with Crippen molar-refractivity contribution in [3.63, 3.8) is 0 Å². The second-order valence-corrected chi connectivity index (χ2v) is 3.98. The van der Waals surface area contributed by atoms with Crippen molar-refractivity contribution in [3.05, 3.63) is 24.0 Å². The third-order valence-corrected chi connectivity index (χ3v) is 2.47. The van der Waals surface area contributed by atoms with Crippen molar-refractivity contribution in [2.24, 2.45) is 0 Å². The van der Waals surface area contributed by atoms with Gasteiger partial charge in [-0.15, -0.1) is 0 Å². The molecule has 3 N–H and O–H groups in total. The number of methoxy groups -OCH3 is 1. The minimum Gasteiger partial charge on any atom is -0.385 e. The molecule has 0 bridgehead atoms. The van der Waals surface area contributed by atoms with Gasteiger partial charge in [0.15, 0.2) is 0 Å². The predicted molar refractivity (Wildman–Crippen MR) is 75.6 cm³/mol. The number of nitrogens with zero attached hydrogens (tertiary/aromatic N) is 1. The van der Waals surface area contributed by atoms with E-state index in [0.29, 0.717) is 30.9 Å². The molecule has 1 heterocycles. The lowest BCUT2D eigenvalue weighted by atomic mass is 10.2. The number of carbonyl (C=O) groups is 2. The van der Waals surface area contributed by atoms with Gasteiger partial charge in [0.25, 0.3) is 5.91 Å². The number of rotatable bonds is 8. The number of anilines is 1. The molecular formula is C13H20N4O3. The van der Waals surface area contributed by atoms with Gasteiger partial charge in [0.1, 0.15) is 0 Å². The summed E-state index contributed by atoms with van der Waals surface area (Å²) < 4.78 is 4.81. The minimum atomic E-state index is -0.337. The van der Waals surface area contributed by atoms with Crippen LogP contribution in [0, 0.1) is 0 Å². The Hall–Kier alpha value is -2.15. The first-order valence-corrected chi connectivity index (χ1v) is 6.40. The zero-order valence-corrected chi connectivity index (χ0v) is 11.7.